The summed E-state index contributed by atoms with van der Waals surface area (Å²) in [4.78, 5) is 14.4. The topological polar surface area (TPSA) is 91.0 Å². The van der Waals surface area contributed by atoms with Gasteiger partial charge < -0.3 is 9.64 Å². The van der Waals surface area contributed by atoms with Crippen LogP contribution in [0.25, 0.3) is 0 Å². The summed E-state index contributed by atoms with van der Waals surface area (Å²) in [5, 5.41) is 0. The highest BCUT2D eigenvalue weighted by Gasteiger charge is 2.35. The number of sulfonamides is 1. The lowest BCUT2D eigenvalue weighted by Crippen LogP contribution is -2.54. The number of nitrogens with one attached hydrogen (secondary N) is 2. The standard InChI is InChI=1S/C16H24N4O4S/c1-24-13-5-3-4-12(10-13)14-11-15(18-17-14)16(21)19-6-8-20(9-7-19)25(2,22)23/h3-5,10,14-15,17-18H,6-9,11H2,1-2H3. The Hall–Kier alpha value is -1.68. The van der Waals surface area contributed by atoms with Gasteiger partial charge >= 0.3 is 0 Å². The molecule has 1 amide bonds. The lowest BCUT2D eigenvalue weighted by Gasteiger charge is -2.34. The molecule has 2 saturated heterocycles. The first-order chi connectivity index (χ1) is 11.9. The van der Waals surface area contributed by atoms with Crippen molar-refractivity contribution in [2.24, 2.45) is 0 Å². The minimum absolute atomic E-state index is 0.00560. The van der Waals surface area contributed by atoms with Crippen molar-refractivity contribution in [3.8, 4) is 5.75 Å². The van der Waals surface area contributed by atoms with Gasteiger partial charge in [0.1, 0.15) is 11.8 Å². The zero-order valence-electron chi connectivity index (χ0n) is 14.4. The van der Waals surface area contributed by atoms with Crippen LogP contribution >= 0.6 is 0 Å². The molecule has 2 heterocycles. The second-order valence-electron chi connectivity index (χ2n) is 6.39. The van der Waals surface area contributed by atoms with Crippen LogP contribution in [-0.4, -0.2) is 69.1 Å². The predicted octanol–water partition coefficient (Wildman–Crippen LogP) is -0.293. The highest BCUT2D eigenvalue weighted by atomic mass is 32.2. The number of nitrogens with zero attached hydrogens (tertiary/aromatic N) is 2. The van der Waals surface area contributed by atoms with Gasteiger partial charge in [0, 0.05) is 32.2 Å². The van der Waals surface area contributed by atoms with E-state index in [1.54, 1.807) is 12.0 Å². The predicted molar refractivity (Wildman–Crippen MR) is 93.4 cm³/mol. The maximum absolute atomic E-state index is 12.7. The minimum atomic E-state index is -3.19. The summed E-state index contributed by atoms with van der Waals surface area (Å²) in [6, 6.07) is 7.48. The Morgan fingerprint density at radius 1 is 1.20 bits per heavy atom. The van der Waals surface area contributed by atoms with E-state index in [4.69, 9.17) is 4.74 Å². The Labute approximate surface area is 148 Å². The molecule has 0 radical (unpaired) electrons. The molecule has 1 aromatic carbocycles. The van der Waals surface area contributed by atoms with Crippen molar-refractivity contribution in [3.63, 3.8) is 0 Å². The molecule has 25 heavy (non-hydrogen) atoms. The molecule has 1 aromatic rings. The van der Waals surface area contributed by atoms with Crippen LogP contribution in [-0.2, 0) is 14.8 Å². The zero-order chi connectivity index (χ0) is 18.0. The van der Waals surface area contributed by atoms with E-state index < -0.39 is 10.0 Å². The molecule has 2 atom stereocenters. The van der Waals surface area contributed by atoms with E-state index in [-0.39, 0.29) is 18.0 Å². The average molecular weight is 368 g/mol. The van der Waals surface area contributed by atoms with Gasteiger partial charge in [-0.2, -0.15) is 4.31 Å². The molecule has 2 N–H and O–H groups in total. The Bertz CT molecular complexity index is 731. The van der Waals surface area contributed by atoms with Crippen molar-refractivity contribution in [3.05, 3.63) is 29.8 Å². The lowest BCUT2D eigenvalue weighted by atomic mass is 10.0. The molecule has 9 heteroatoms. The fourth-order valence-electron chi connectivity index (χ4n) is 3.26. The summed E-state index contributed by atoms with van der Waals surface area (Å²) in [5.41, 5.74) is 7.29. The quantitative estimate of drug-likeness (QED) is 0.759. The van der Waals surface area contributed by atoms with Gasteiger partial charge in [0.05, 0.1) is 13.4 Å². The van der Waals surface area contributed by atoms with E-state index in [1.807, 2.05) is 24.3 Å². The van der Waals surface area contributed by atoms with Crippen LogP contribution in [0.1, 0.15) is 18.0 Å². The summed E-state index contributed by atoms with van der Waals surface area (Å²) < 4.78 is 29.8. The number of ether oxygens (including phenoxy) is 1. The summed E-state index contributed by atoms with van der Waals surface area (Å²) in [5.74, 6) is 0.789. The normalized spacial score (nSPS) is 25.1. The molecule has 2 aliphatic heterocycles. The Balaban J connectivity index is 1.58. The van der Waals surface area contributed by atoms with Crippen LogP contribution in [0.2, 0.25) is 0 Å². The van der Waals surface area contributed by atoms with Crippen LogP contribution in [0, 0.1) is 0 Å². The number of hydrogen-bond acceptors (Lipinski definition) is 6. The van der Waals surface area contributed by atoms with E-state index in [0.29, 0.717) is 32.6 Å². The number of amides is 1. The average Bonchev–Trinajstić information content (AvgIpc) is 3.10. The largest absolute Gasteiger partial charge is 0.497 e. The van der Waals surface area contributed by atoms with E-state index in [1.165, 1.54) is 10.6 Å². The number of carbonyl (C=O) groups excluding carboxylic acids is 1. The summed E-state index contributed by atoms with van der Waals surface area (Å²) in [7, 11) is -1.56. The molecular weight excluding hydrogens is 344 g/mol. The lowest BCUT2D eigenvalue weighted by molar-refractivity contribution is -0.134. The number of rotatable bonds is 4. The van der Waals surface area contributed by atoms with Crippen LogP contribution in [0.15, 0.2) is 24.3 Å². The first kappa shape index (κ1) is 18.1. The molecule has 2 fully saturated rings. The summed E-state index contributed by atoms with van der Waals surface area (Å²) >= 11 is 0. The van der Waals surface area contributed by atoms with Gasteiger partial charge in [-0.15, -0.1) is 0 Å². The molecule has 0 saturated carbocycles. The smallest absolute Gasteiger partial charge is 0.241 e. The van der Waals surface area contributed by atoms with Crippen molar-refractivity contribution in [1.29, 1.82) is 0 Å². The van der Waals surface area contributed by atoms with Crippen molar-refractivity contribution in [1.82, 2.24) is 20.1 Å². The van der Waals surface area contributed by atoms with Gasteiger partial charge in [-0.25, -0.2) is 19.3 Å². The number of hydrazine groups is 1. The third kappa shape index (κ3) is 4.12. The maximum Gasteiger partial charge on any atom is 0.241 e. The van der Waals surface area contributed by atoms with E-state index in [0.717, 1.165) is 11.3 Å². The van der Waals surface area contributed by atoms with Gasteiger partial charge in [-0.3, -0.25) is 4.79 Å². The molecule has 0 aromatic heterocycles. The molecule has 0 spiro atoms. The summed E-state index contributed by atoms with van der Waals surface area (Å²) in [6.07, 6.45) is 1.84. The van der Waals surface area contributed by atoms with Crippen LogP contribution < -0.4 is 15.6 Å². The van der Waals surface area contributed by atoms with Crippen molar-refractivity contribution < 1.29 is 17.9 Å². The van der Waals surface area contributed by atoms with Crippen LogP contribution in [0.5, 0.6) is 5.75 Å². The number of carbonyl (C=O) groups is 1. The fraction of sp³-hybridized carbons (Fsp3) is 0.562. The van der Waals surface area contributed by atoms with E-state index in [9.17, 15) is 13.2 Å². The molecular formula is C16H24N4O4S. The number of methoxy groups -OCH3 is 1. The molecule has 0 bridgehead atoms. The van der Waals surface area contributed by atoms with Crippen molar-refractivity contribution in [2.75, 3.05) is 39.5 Å². The Morgan fingerprint density at radius 3 is 2.56 bits per heavy atom. The Morgan fingerprint density at radius 2 is 1.92 bits per heavy atom. The molecule has 3 rings (SSSR count). The zero-order valence-corrected chi connectivity index (χ0v) is 15.3. The minimum Gasteiger partial charge on any atom is -0.497 e. The van der Waals surface area contributed by atoms with Gasteiger partial charge in [0.15, 0.2) is 0 Å². The highest BCUT2D eigenvalue weighted by molar-refractivity contribution is 7.88. The van der Waals surface area contributed by atoms with Gasteiger partial charge in [0.25, 0.3) is 0 Å². The van der Waals surface area contributed by atoms with Crippen molar-refractivity contribution >= 4 is 15.9 Å². The number of benzene rings is 1. The second-order valence-corrected chi connectivity index (χ2v) is 8.38. The van der Waals surface area contributed by atoms with Gasteiger partial charge in [-0.05, 0) is 24.1 Å². The van der Waals surface area contributed by atoms with Gasteiger partial charge in [-0.1, -0.05) is 12.1 Å². The second kappa shape index (κ2) is 7.28. The van der Waals surface area contributed by atoms with Crippen LogP contribution in [0.3, 0.4) is 0 Å². The maximum atomic E-state index is 12.7. The van der Waals surface area contributed by atoms with Crippen LogP contribution in [0.4, 0.5) is 0 Å². The molecule has 0 aliphatic carbocycles. The SMILES string of the molecule is COc1cccc(C2CC(C(=O)N3CCN(S(C)(=O)=O)CC3)NN2)c1. The third-order valence-corrected chi connectivity index (χ3v) is 6.02. The number of piperazine rings is 1. The fourth-order valence-corrected chi connectivity index (χ4v) is 4.08. The highest BCUT2D eigenvalue weighted by Crippen LogP contribution is 2.26. The first-order valence-corrected chi connectivity index (χ1v) is 10.1. The summed E-state index contributed by atoms with van der Waals surface area (Å²) in [6.45, 7) is 1.55. The van der Waals surface area contributed by atoms with E-state index >= 15 is 0 Å². The van der Waals surface area contributed by atoms with E-state index in [2.05, 4.69) is 10.9 Å². The third-order valence-electron chi connectivity index (χ3n) is 4.72. The van der Waals surface area contributed by atoms with Gasteiger partial charge in [0.2, 0.25) is 15.9 Å². The monoisotopic (exact) mass is 368 g/mol. The molecule has 2 aliphatic rings. The molecule has 8 nitrogen and oxygen atoms in total. The first-order valence-electron chi connectivity index (χ1n) is 8.27. The number of hydrogen-bond donors (Lipinski definition) is 2. The van der Waals surface area contributed by atoms with Crippen molar-refractivity contribution in [2.45, 2.75) is 18.5 Å². The Kier molecular flexibility index (Phi) is 5.28. The molecule has 2 unspecified atom stereocenters. The molecule has 138 valence electrons.